The van der Waals surface area contributed by atoms with E-state index >= 15 is 0 Å². The number of nitro benzene ring substituents is 1. The second-order valence-electron chi connectivity index (χ2n) is 5.67. The zero-order valence-corrected chi connectivity index (χ0v) is 15.9. The third-order valence-corrected chi connectivity index (χ3v) is 7.66. The number of hydrogen-bond acceptors (Lipinski definition) is 6. The zero-order chi connectivity index (χ0) is 19.4. The molecule has 0 fully saturated rings. The predicted octanol–water partition coefficient (Wildman–Crippen LogP) is 2.59. The fraction of sp³-hybridized carbons (Fsp3) is 0.250. The fourth-order valence-corrected chi connectivity index (χ4v) is 6.37. The van der Waals surface area contributed by atoms with Gasteiger partial charge < -0.3 is 0 Å². The molecule has 26 heavy (non-hydrogen) atoms. The Bertz CT molecular complexity index is 973. The average Bonchev–Trinajstić information content (AvgIpc) is 2.54. The van der Waals surface area contributed by atoms with E-state index in [9.17, 15) is 26.9 Å². The molecule has 0 aliphatic carbocycles. The van der Waals surface area contributed by atoms with Gasteiger partial charge in [0, 0.05) is 12.1 Å². The van der Waals surface area contributed by atoms with E-state index in [0.717, 1.165) is 24.3 Å². The van der Waals surface area contributed by atoms with Crippen molar-refractivity contribution in [2.75, 3.05) is 11.5 Å². The lowest BCUT2D eigenvalue weighted by molar-refractivity contribution is -0.384. The summed E-state index contributed by atoms with van der Waals surface area (Å²) in [5, 5.41) is 9.48. The molecule has 0 amide bonds. The van der Waals surface area contributed by atoms with Crippen LogP contribution in [0, 0.1) is 10.1 Å². The van der Waals surface area contributed by atoms with Crippen LogP contribution >= 0.6 is 11.6 Å². The smallest absolute Gasteiger partial charge is 0.258 e. The van der Waals surface area contributed by atoms with Crippen molar-refractivity contribution in [3.63, 3.8) is 0 Å². The van der Waals surface area contributed by atoms with Crippen molar-refractivity contribution < 1.29 is 21.8 Å². The van der Waals surface area contributed by atoms with Gasteiger partial charge in [0.15, 0.2) is 19.7 Å². The monoisotopic (exact) mass is 417 g/mol. The van der Waals surface area contributed by atoms with Gasteiger partial charge in [-0.1, -0.05) is 30.3 Å². The maximum Gasteiger partial charge on any atom is 0.269 e. The van der Waals surface area contributed by atoms with Crippen molar-refractivity contribution in [1.29, 1.82) is 0 Å². The highest BCUT2D eigenvalue weighted by Crippen LogP contribution is 2.19. The van der Waals surface area contributed by atoms with E-state index in [1.807, 2.05) is 0 Å². The van der Waals surface area contributed by atoms with E-state index in [4.69, 9.17) is 11.6 Å². The Morgan fingerprint density at radius 2 is 1.50 bits per heavy atom. The molecular formula is C16H16ClNO6S2. The Morgan fingerprint density at radius 3 is 2.04 bits per heavy atom. The first-order valence-electron chi connectivity index (χ1n) is 7.45. The molecule has 2 rings (SSSR count). The van der Waals surface area contributed by atoms with Gasteiger partial charge in [-0.05, 0) is 17.7 Å². The quantitative estimate of drug-likeness (QED) is 0.370. The highest BCUT2D eigenvalue weighted by molar-refractivity contribution is 7.92. The van der Waals surface area contributed by atoms with Gasteiger partial charge >= 0.3 is 0 Å². The van der Waals surface area contributed by atoms with Crippen LogP contribution in [0.1, 0.15) is 5.56 Å². The van der Waals surface area contributed by atoms with Crippen molar-refractivity contribution >= 4 is 37.0 Å². The van der Waals surface area contributed by atoms with Crippen LogP contribution in [0.15, 0.2) is 59.5 Å². The van der Waals surface area contributed by atoms with E-state index in [-0.39, 0.29) is 16.3 Å². The first-order valence-corrected chi connectivity index (χ1v) is 11.4. The number of nitro groups is 1. The summed E-state index contributed by atoms with van der Waals surface area (Å²) in [6.45, 7) is 0. The summed E-state index contributed by atoms with van der Waals surface area (Å²) in [7, 11) is -7.46. The number of sulfone groups is 2. The van der Waals surface area contributed by atoms with Gasteiger partial charge in [0.05, 0.1) is 32.5 Å². The second kappa shape index (κ2) is 8.15. The number of hydrogen-bond donors (Lipinski definition) is 0. The number of alkyl halides is 1. The van der Waals surface area contributed by atoms with Crippen LogP contribution in [-0.4, -0.2) is 38.6 Å². The number of rotatable bonds is 8. The second-order valence-corrected chi connectivity index (χ2v) is 10.4. The SMILES string of the molecule is O=[N+]([O-])c1ccc(S(=O)(=O)CC(Cl)CS(=O)(=O)Cc2ccccc2)cc1. The number of benzene rings is 2. The van der Waals surface area contributed by atoms with Gasteiger partial charge in [0.25, 0.3) is 5.69 Å². The lowest BCUT2D eigenvalue weighted by Crippen LogP contribution is -2.25. The average molecular weight is 418 g/mol. The van der Waals surface area contributed by atoms with Crippen LogP contribution in [0.5, 0.6) is 0 Å². The molecular weight excluding hydrogens is 402 g/mol. The third-order valence-electron chi connectivity index (χ3n) is 3.47. The van der Waals surface area contributed by atoms with Crippen molar-refractivity contribution in [3.05, 3.63) is 70.3 Å². The van der Waals surface area contributed by atoms with Crippen LogP contribution < -0.4 is 0 Å². The molecule has 0 aliphatic rings. The van der Waals surface area contributed by atoms with E-state index in [1.165, 1.54) is 0 Å². The van der Waals surface area contributed by atoms with Crippen LogP contribution in [0.4, 0.5) is 5.69 Å². The molecule has 0 bridgehead atoms. The number of halogens is 1. The molecule has 1 unspecified atom stereocenters. The summed E-state index contributed by atoms with van der Waals surface area (Å²) in [6.07, 6.45) is 0. The van der Waals surface area contributed by atoms with Crippen LogP contribution in [0.2, 0.25) is 0 Å². The Hall–Kier alpha value is -1.97. The summed E-state index contributed by atoms with van der Waals surface area (Å²) in [4.78, 5) is 9.83. The molecule has 0 aromatic heterocycles. The summed E-state index contributed by atoms with van der Waals surface area (Å²) >= 11 is 5.98. The van der Waals surface area contributed by atoms with Crippen LogP contribution in [0.3, 0.4) is 0 Å². The fourth-order valence-electron chi connectivity index (χ4n) is 2.32. The minimum Gasteiger partial charge on any atom is -0.258 e. The molecule has 0 aliphatic heterocycles. The Kier molecular flexibility index (Phi) is 6.38. The van der Waals surface area contributed by atoms with Crippen molar-refractivity contribution in [1.82, 2.24) is 0 Å². The number of non-ortho nitro benzene ring substituents is 1. The van der Waals surface area contributed by atoms with Gasteiger partial charge in [-0.15, -0.1) is 11.6 Å². The van der Waals surface area contributed by atoms with E-state index in [0.29, 0.717) is 5.56 Å². The summed E-state index contributed by atoms with van der Waals surface area (Å²) in [5.41, 5.74) is 0.353. The Balaban J connectivity index is 2.05. The topological polar surface area (TPSA) is 111 Å². The highest BCUT2D eigenvalue weighted by Gasteiger charge is 2.25. The maximum absolute atomic E-state index is 12.3. The highest BCUT2D eigenvalue weighted by atomic mass is 35.5. The molecule has 2 aromatic rings. The predicted molar refractivity (Wildman–Crippen MR) is 98.7 cm³/mol. The molecule has 0 radical (unpaired) electrons. The molecule has 0 saturated heterocycles. The lowest BCUT2D eigenvalue weighted by Gasteiger charge is -2.11. The maximum atomic E-state index is 12.3. The number of nitrogens with zero attached hydrogens (tertiary/aromatic N) is 1. The standard InChI is InChI=1S/C16H16ClNO6S2/c17-14(11-25(21,22)10-13-4-2-1-3-5-13)12-26(23,24)16-8-6-15(7-9-16)18(19)20/h1-9,14H,10-12H2. The van der Waals surface area contributed by atoms with Gasteiger partial charge in [0.2, 0.25) is 0 Å². The molecule has 7 nitrogen and oxygen atoms in total. The molecule has 1 atom stereocenters. The van der Waals surface area contributed by atoms with Gasteiger partial charge in [-0.3, -0.25) is 10.1 Å². The molecule has 0 N–H and O–H groups in total. The van der Waals surface area contributed by atoms with E-state index < -0.39 is 41.5 Å². The third kappa shape index (κ3) is 5.79. The minimum atomic E-state index is -3.87. The Morgan fingerprint density at radius 1 is 0.923 bits per heavy atom. The normalized spacial score (nSPS) is 13.3. The molecule has 0 heterocycles. The molecule has 0 spiro atoms. The largest absolute Gasteiger partial charge is 0.269 e. The summed E-state index contributed by atoms with van der Waals surface area (Å²) in [5.74, 6) is -1.30. The first kappa shape index (κ1) is 20.3. The summed E-state index contributed by atoms with van der Waals surface area (Å²) in [6, 6.07) is 12.9. The van der Waals surface area contributed by atoms with Gasteiger partial charge in [-0.2, -0.15) is 0 Å². The van der Waals surface area contributed by atoms with Crippen LogP contribution in [-0.2, 0) is 25.4 Å². The zero-order valence-electron chi connectivity index (χ0n) is 13.5. The van der Waals surface area contributed by atoms with Crippen molar-refractivity contribution in [2.45, 2.75) is 16.0 Å². The minimum absolute atomic E-state index is 0.144. The van der Waals surface area contributed by atoms with E-state index in [1.54, 1.807) is 30.3 Å². The van der Waals surface area contributed by atoms with E-state index in [2.05, 4.69) is 0 Å². The Labute approximate surface area is 156 Å². The van der Waals surface area contributed by atoms with Gasteiger partial charge in [0.1, 0.15) is 0 Å². The van der Waals surface area contributed by atoms with Crippen molar-refractivity contribution in [2.24, 2.45) is 0 Å². The lowest BCUT2D eigenvalue weighted by atomic mass is 10.2. The molecule has 10 heteroatoms. The van der Waals surface area contributed by atoms with Crippen LogP contribution in [0.25, 0.3) is 0 Å². The molecule has 140 valence electrons. The molecule has 2 aromatic carbocycles. The first-order chi connectivity index (χ1) is 12.1. The molecule has 0 saturated carbocycles. The summed E-state index contributed by atoms with van der Waals surface area (Å²) < 4.78 is 49.0. The van der Waals surface area contributed by atoms with Gasteiger partial charge in [-0.25, -0.2) is 16.8 Å². The van der Waals surface area contributed by atoms with Crippen molar-refractivity contribution in [3.8, 4) is 0 Å².